The number of piperazine rings is 1. The molecule has 1 aliphatic rings. The first-order chi connectivity index (χ1) is 12.5. The van der Waals surface area contributed by atoms with Crippen LogP contribution in [0.15, 0.2) is 28.8 Å². The Morgan fingerprint density at radius 3 is 2.73 bits per heavy atom. The summed E-state index contributed by atoms with van der Waals surface area (Å²) in [5.74, 6) is 0.104. The van der Waals surface area contributed by atoms with Crippen LogP contribution in [0.1, 0.15) is 31.1 Å². The summed E-state index contributed by atoms with van der Waals surface area (Å²) in [6, 6.07) is 6.72. The van der Waals surface area contributed by atoms with Crippen LogP contribution < -0.4 is 0 Å². The molecule has 6 nitrogen and oxygen atoms in total. The van der Waals surface area contributed by atoms with Crippen LogP contribution in [0.2, 0.25) is 0 Å². The van der Waals surface area contributed by atoms with E-state index >= 15 is 0 Å². The first kappa shape index (κ1) is 18.4. The zero-order valence-corrected chi connectivity index (χ0v) is 15.4. The first-order valence-electron chi connectivity index (χ1n) is 8.88. The summed E-state index contributed by atoms with van der Waals surface area (Å²) in [4.78, 5) is 15.7. The van der Waals surface area contributed by atoms with Crippen LogP contribution in [0.25, 0.3) is 11.3 Å². The number of aromatic nitrogens is 1. The number of hydrogen-bond acceptors (Lipinski definition) is 5. The average molecular weight is 361 g/mol. The molecular weight excluding hydrogens is 337 g/mol. The molecule has 7 heteroatoms. The number of aryl methyl sites for hydroxylation is 1. The summed E-state index contributed by atoms with van der Waals surface area (Å²) in [6.07, 6.45) is -0.265. The summed E-state index contributed by atoms with van der Waals surface area (Å²) in [7, 11) is 0. The monoisotopic (exact) mass is 361 g/mol. The van der Waals surface area contributed by atoms with E-state index in [0.717, 1.165) is 24.3 Å². The smallest absolute Gasteiger partial charge is 0.409 e. The van der Waals surface area contributed by atoms with Crippen LogP contribution in [-0.4, -0.2) is 53.8 Å². The van der Waals surface area contributed by atoms with Gasteiger partial charge in [0.2, 0.25) is 0 Å². The minimum Gasteiger partial charge on any atom is -0.450 e. The fraction of sp³-hybridized carbons (Fsp3) is 0.474. The van der Waals surface area contributed by atoms with Crippen molar-refractivity contribution in [3.05, 3.63) is 41.3 Å². The maximum absolute atomic E-state index is 14.1. The lowest BCUT2D eigenvalue weighted by molar-refractivity contribution is 0.0675. The Morgan fingerprint density at radius 1 is 1.31 bits per heavy atom. The van der Waals surface area contributed by atoms with Crippen molar-refractivity contribution >= 4 is 6.09 Å². The van der Waals surface area contributed by atoms with Crippen molar-refractivity contribution in [1.29, 1.82) is 0 Å². The molecule has 1 aliphatic heterocycles. The second-order valence-electron chi connectivity index (χ2n) is 6.50. The Kier molecular flexibility index (Phi) is 5.56. The highest BCUT2D eigenvalue weighted by Crippen LogP contribution is 2.28. The van der Waals surface area contributed by atoms with E-state index in [1.807, 2.05) is 13.8 Å². The van der Waals surface area contributed by atoms with Crippen molar-refractivity contribution in [2.45, 2.75) is 26.8 Å². The number of halogens is 1. The van der Waals surface area contributed by atoms with Gasteiger partial charge in [-0.15, -0.1) is 0 Å². The molecule has 1 atom stereocenters. The van der Waals surface area contributed by atoms with Gasteiger partial charge in [-0.1, -0.05) is 16.8 Å². The molecule has 1 saturated heterocycles. The van der Waals surface area contributed by atoms with Gasteiger partial charge in [0.25, 0.3) is 0 Å². The Balaban J connectivity index is 1.66. The molecule has 3 rings (SSSR count). The van der Waals surface area contributed by atoms with E-state index in [9.17, 15) is 9.18 Å². The van der Waals surface area contributed by atoms with Gasteiger partial charge >= 0.3 is 6.09 Å². The van der Waals surface area contributed by atoms with Crippen LogP contribution in [0.4, 0.5) is 9.18 Å². The number of hydrogen-bond donors (Lipinski definition) is 0. The highest BCUT2D eigenvalue weighted by molar-refractivity contribution is 5.67. The summed E-state index contributed by atoms with van der Waals surface area (Å²) in [6.45, 7) is 8.80. The number of ether oxygens (including phenoxy) is 1. The van der Waals surface area contributed by atoms with Gasteiger partial charge in [-0.25, -0.2) is 9.18 Å². The lowest BCUT2D eigenvalue weighted by Crippen LogP contribution is -2.49. The van der Waals surface area contributed by atoms with E-state index in [1.54, 1.807) is 30.0 Å². The normalized spacial score (nSPS) is 16.5. The van der Waals surface area contributed by atoms with Gasteiger partial charge in [-0.05, 0) is 32.9 Å². The Hall–Kier alpha value is -2.41. The van der Waals surface area contributed by atoms with E-state index in [-0.39, 0.29) is 18.0 Å². The number of benzene rings is 1. The van der Waals surface area contributed by atoms with Crippen molar-refractivity contribution in [3.63, 3.8) is 0 Å². The minimum atomic E-state index is -0.325. The zero-order valence-electron chi connectivity index (χ0n) is 15.4. The van der Waals surface area contributed by atoms with Gasteiger partial charge in [0.05, 0.1) is 18.2 Å². The minimum absolute atomic E-state index is 0.0183. The van der Waals surface area contributed by atoms with E-state index in [2.05, 4.69) is 10.1 Å². The molecule has 1 amide bonds. The zero-order chi connectivity index (χ0) is 18.7. The molecule has 0 spiro atoms. The largest absolute Gasteiger partial charge is 0.450 e. The van der Waals surface area contributed by atoms with Crippen LogP contribution in [0, 0.1) is 12.7 Å². The van der Waals surface area contributed by atoms with E-state index in [4.69, 9.17) is 9.26 Å². The average Bonchev–Trinajstić information content (AvgIpc) is 3.13. The van der Waals surface area contributed by atoms with Gasteiger partial charge in [0.1, 0.15) is 11.5 Å². The lowest BCUT2D eigenvalue weighted by atomic mass is 10.1. The quantitative estimate of drug-likeness (QED) is 0.832. The molecule has 0 radical (unpaired) electrons. The van der Waals surface area contributed by atoms with Crippen molar-refractivity contribution in [2.24, 2.45) is 0 Å². The fourth-order valence-corrected chi connectivity index (χ4v) is 3.13. The van der Waals surface area contributed by atoms with Crippen LogP contribution in [-0.2, 0) is 4.74 Å². The number of rotatable bonds is 4. The number of carbonyl (C=O) groups is 1. The maximum atomic E-state index is 14.1. The summed E-state index contributed by atoms with van der Waals surface area (Å²) in [5.41, 5.74) is 2.14. The van der Waals surface area contributed by atoms with Crippen LogP contribution in [0.5, 0.6) is 0 Å². The van der Waals surface area contributed by atoms with E-state index in [1.165, 1.54) is 6.07 Å². The van der Waals surface area contributed by atoms with Crippen LogP contribution in [0.3, 0.4) is 0 Å². The van der Waals surface area contributed by atoms with Crippen molar-refractivity contribution in [1.82, 2.24) is 15.0 Å². The molecule has 2 heterocycles. The molecule has 1 fully saturated rings. The van der Waals surface area contributed by atoms with E-state index < -0.39 is 0 Å². The molecule has 0 bridgehead atoms. The molecule has 1 aromatic heterocycles. The second kappa shape index (κ2) is 7.86. The summed E-state index contributed by atoms with van der Waals surface area (Å²) < 4.78 is 24.5. The third kappa shape index (κ3) is 3.88. The summed E-state index contributed by atoms with van der Waals surface area (Å²) in [5, 5.41) is 4.13. The molecule has 0 aliphatic carbocycles. The summed E-state index contributed by atoms with van der Waals surface area (Å²) >= 11 is 0. The third-order valence-electron chi connectivity index (χ3n) is 4.73. The molecule has 26 heavy (non-hydrogen) atoms. The molecule has 1 aromatic carbocycles. The van der Waals surface area contributed by atoms with Gasteiger partial charge < -0.3 is 14.2 Å². The highest BCUT2D eigenvalue weighted by Gasteiger charge is 2.27. The second-order valence-corrected chi connectivity index (χ2v) is 6.50. The van der Waals surface area contributed by atoms with Gasteiger partial charge in [-0.3, -0.25) is 4.90 Å². The Labute approximate surface area is 152 Å². The molecule has 0 saturated carbocycles. The van der Waals surface area contributed by atoms with Crippen molar-refractivity contribution < 1.29 is 18.4 Å². The lowest BCUT2D eigenvalue weighted by Gasteiger charge is -2.36. The number of nitrogens with zero attached hydrogens (tertiary/aromatic N) is 3. The molecule has 2 aromatic rings. The van der Waals surface area contributed by atoms with Crippen molar-refractivity contribution in [3.8, 4) is 11.3 Å². The highest BCUT2D eigenvalue weighted by atomic mass is 19.1. The SMILES string of the molecule is CCOC(=O)N1CCN([C@@H](C)c2cc(-c3cc(C)ccc3F)on2)CC1. The van der Waals surface area contributed by atoms with Crippen molar-refractivity contribution in [2.75, 3.05) is 32.8 Å². The fourth-order valence-electron chi connectivity index (χ4n) is 3.13. The Bertz CT molecular complexity index is 769. The number of carbonyl (C=O) groups excluding carboxylic acids is 1. The standard InChI is InChI=1S/C19H24FN3O3/c1-4-25-19(24)23-9-7-22(8-10-23)14(3)17-12-18(26-21-17)15-11-13(2)5-6-16(15)20/h5-6,11-12,14H,4,7-10H2,1-3H3/t14-/m0/s1. The Morgan fingerprint density at radius 2 is 2.04 bits per heavy atom. The molecule has 0 N–H and O–H groups in total. The van der Waals surface area contributed by atoms with Gasteiger partial charge in [0, 0.05) is 32.2 Å². The molecule has 140 valence electrons. The predicted molar refractivity (Wildman–Crippen MR) is 95.2 cm³/mol. The first-order valence-corrected chi connectivity index (χ1v) is 8.88. The van der Waals surface area contributed by atoms with Crippen LogP contribution >= 0.6 is 0 Å². The molecule has 0 unspecified atom stereocenters. The molecular formula is C19H24FN3O3. The van der Waals surface area contributed by atoms with E-state index in [0.29, 0.717) is 31.0 Å². The third-order valence-corrected chi connectivity index (χ3v) is 4.73. The predicted octanol–water partition coefficient (Wildman–Crippen LogP) is 3.62. The van der Waals surface area contributed by atoms with Gasteiger partial charge in [0.15, 0.2) is 5.76 Å². The maximum Gasteiger partial charge on any atom is 0.409 e. The topological polar surface area (TPSA) is 58.8 Å². The van der Waals surface area contributed by atoms with Gasteiger partial charge in [-0.2, -0.15) is 0 Å². The number of amides is 1.